The summed E-state index contributed by atoms with van der Waals surface area (Å²) in [5.74, 6) is -0.957. The van der Waals surface area contributed by atoms with E-state index in [0.717, 1.165) is 24.4 Å². The van der Waals surface area contributed by atoms with E-state index in [-0.39, 0.29) is 25.0 Å². The van der Waals surface area contributed by atoms with Crippen molar-refractivity contribution in [1.82, 2.24) is 14.5 Å². The fourth-order valence-electron chi connectivity index (χ4n) is 1.96. The molecular formula is C11H15N3O4S. The van der Waals surface area contributed by atoms with E-state index in [9.17, 15) is 9.59 Å². The lowest BCUT2D eigenvalue weighted by Gasteiger charge is -2.31. The van der Waals surface area contributed by atoms with Crippen LogP contribution in [-0.4, -0.2) is 57.3 Å². The number of aliphatic carboxylic acids is 1. The van der Waals surface area contributed by atoms with Crippen molar-refractivity contribution in [3.63, 3.8) is 0 Å². The number of piperidine rings is 1. The molecule has 104 valence electrons. The van der Waals surface area contributed by atoms with Crippen LogP contribution in [0.1, 0.15) is 29.8 Å². The zero-order chi connectivity index (χ0) is 13.7. The minimum atomic E-state index is -0.858. The quantitative estimate of drug-likeness (QED) is 0.853. The first kappa shape index (κ1) is 13.9. The second-order valence-electron chi connectivity index (χ2n) is 4.30. The van der Waals surface area contributed by atoms with Gasteiger partial charge in [-0.3, -0.25) is 9.59 Å². The molecule has 2 rings (SSSR count). The molecule has 1 N–H and O–H groups in total. The van der Waals surface area contributed by atoms with Crippen LogP contribution in [0.25, 0.3) is 0 Å². The van der Waals surface area contributed by atoms with Gasteiger partial charge in [-0.2, -0.15) is 0 Å². The van der Waals surface area contributed by atoms with Crippen LogP contribution < -0.4 is 0 Å². The van der Waals surface area contributed by atoms with Crippen LogP contribution in [0.3, 0.4) is 0 Å². The molecule has 2 heterocycles. The second kappa shape index (κ2) is 6.58. The molecule has 1 aromatic heterocycles. The Bertz CT molecular complexity index is 429. The highest BCUT2D eigenvalue weighted by molar-refractivity contribution is 7.03. The first-order valence-electron chi connectivity index (χ1n) is 6.06. The summed E-state index contributed by atoms with van der Waals surface area (Å²) in [5.41, 5.74) is 0.384. The first-order chi connectivity index (χ1) is 9.16. The highest BCUT2D eigenvalue weighted by Gasteiger charge is 2.25. The molecule has 0 spiro atoms. The average molecular weight is 285 g/mol. The molecule has 1 aromatic rings. The van der Waals surface area contributed by atoms with Crippen molar-refractivity contribution in [2.75, 3.05) is 19.7 Å². The lowest BCUT2D eigenvalue weighted by atomic mass is 10.1. The van der Waals surface area contributed by atoms with Gasteiger partial charge in [-0.15, -0.1) is 5.10 Å². The number of rotatable bonds is 5. The molecular weight excluding hydrogens is 270 g/mol. The summed E-state index contributed by atoms with van der Waals surface area (Å²) in [6.07, 6.45) is 1.51. The van der Waals surface area contributed by atoms with E-state index in [1.807, 2.05) is 0 Å². The standard InChI is InChI=1S/C11H15N3O4S/c15-10(16)3-6-18-8-1-4-14(5-2-8)11(17)9-7-19-13-12-9/h7-8H,1-6H2,(H,15,16). The van der Waals surface area contributed by atoms with Gasteiger partial charge in [0.1, 0.15) is 0 Å². The largest absolute Gasteiger partial charge is 0.481 e. The maximum absolute atomic E-state index is 12.0. The number of carboxylic acids is 1. The van der Waals surface area contributed by atoms with Gasteiger partial charge in [0, 0.05) is 18.5 Å². The Morgan fingerprint density at radius 2 is 2.21 bits per heavy atom. The number of likely N-dealkylation sites (tertiary alicyclic amines) is 1. The van der Waals surface area contributed by atoms with Crippen LogP contribution >= 0.6 is 11.5 Å². The number of aromatic nitrogens is 2. The molecule has 19 heavy (non-hydrogen) atoms. The maximum atomic E-state index is 12.0. The Morgan fingerprint density at radius 1 is 1.47 bits per heavy atom. The zero-order valence-corrected chi connectivity index (χ0v) is 11.1. The minimum Gasteiger partial charge on any atom is -0.481 e. The summed E-state index contributed by atoms with van der Waals surface area (Å²) in [7, 11) is 0. The molecule has 0 radical (unpaired) electrons. The van der Waals surface area contributed by atoms with E-state index >= 15 is 0 Å². The molecule has 1 aliphatic rings. The Hall–Kier alpha value is -1.54. The van der Waals surface area contributed by atoms with E-state index in [0.29, 0.717) is 18.8 Å². The second-order valence-corrected chi connectivity index (χ2v) is 4.91. The maximum Gasteiger partial charge on any atom is 0.305 e. The average Bonchev–Trinajstić information content (AvgIpc) is 2.92. The number of carbonyl (C=O) groups is 2. The van der Waals surface area contributed by atoms with Crippen molar-refractivity contribution in [2.24, 2.45) is 0 Å². The normalized spacial score (nSPS) is 16.5. The molecule has 0 atom stereocenters. The highest BCUT2D eigenvalue weighted by Crippen LogP contribution is 2.16. The third kappa shape index (κ3) is 3.97. The Labute approximate surface area is 114 Å². The molecule has 0 saturated carbocycles. The Kier molecular flexibility index (Phi) is 4.80. The van der Waals surface area contributed by atoms with Crippen LogP contribution in [0.5, 0.6) is 0 Å². The van der Waals surface area contributed by atoms with Crippen molar-refractivity contribution in [3.8, 4) is 0 Å². The van der Waals surface area contributed by atoms with Crippen LogP contribution in [0.2, 0.25) is 0 Å². The molecule has 1 saturated heterocycles. The van der Waals surface area contributed by atoms with Crippen molar-refractivity contribution in [3.05, 3.63) is 11.1 Å². The zero-order valence-electron chi connectivity index (χ0n) is 10.3. The number of amides is 1. The Balaban J connectivity index is 1.73. The lowest BCUT2D eigenvalue weighted by molar-refractivity contribution is -0.138. The molecule has 0 bridgehead atoms. The predicted molar refractivity (Wildman–Crippen MR) is 67.0 cm³/mol. The molecule has 7 nitrogen and oxygen atoms in total. The predicted octanol–water partition coefficient (Wildman–Crippen LogP) is 0.634. The van der Waals surface area contributed by atoms with Crippen LogP contribution in [0.4, 0.5) is 0 Å². The lowest BCUT2D eigenvalue weighted by Crippen LogP contribution is -2.41. The number of hydrogen-bond acceptors (Lipinski definition) is 6. The van der Waals surface area contributed by atoms with Gasteiger partial charge in [-0.25, -0.2) is 0 Å². The van der Waals surface area contributed by atoms with Crippen molar-refractivity contribution in [2.45, 2.75) is 25.4 Å². The molecule has 0 unspecified atom stereocenters. The van der Waals surface area contributed by atoms with Gasteiger partial charge in [0.15, 0.2) is 5.69 Å². The van der Waals surface area contributed by atoms with Crippen molar-refractivity contribution in [1.29, 1.82) is 0 Å². The molecule has 8 heteroatoms. The third-order valence-corrected chi connectivity index (χ3v) is 3.48. The smallest absolute Gasteiger partial charge is 0.305 e. The van der Waals surface area contributed by atoms with Gasteiger partial charge in [-0.05, 0) is 24.4 Å². The summed E-state index contributed by atoms with van der Waals surface area (Å²) < 4.78 is 9.14. The summed E-state index contributed by atoms with van der Waals surface area (Å²) >= 11 is 1.16. The minimum absolute atomic E-state index is 0.0175. The Morgan fingerprint density at radius 3 is 2.79 bits per heavy atom. The first-order valence-corrected chi connectivity index (χ1v) is 6.90. The van der Waals surface area contributed by atoms with Crippen LogP contribution in [0.15, 0.2) is 5.38 Å². The van der Waals surface area contributed by atoms with E-state index in [4.69, 9.17) is 9.84 Å². The van der Waals surface area contributed by atoms with Crippen LogP contribution in [0, 0.1) is 0 Å². The molecule has 0 aliphatic carbocycles. The van der Waals surface area contributed by atoms with Gasteiger partial charge >= 0.3 is 5.97 Å². The van der Waals surface area contributed by atoms with Gasteiger partial charge in [0.05, 0.1) is 19.1 Å². The third-order valence-electron chi connectivity index (χ3n) is 2.98. The summed E-state index contributed by atoms with van der Waals surface area (Å²) in [5, 5.41) is 13.9. The van der Waals surface area contributed by atoms with E-state index in [2.05, 4.69) is 9.59 Å². The highest BCUT2D eigenvalue weighted by atomic mass is 32.1. The van der Waals surface area contributed by atoms with Crippen molar-refractivity contribution >= 4 is 23.4 Å². The molecule has 1 amide bonds. The number of carboxylic acid groups (broad SMARTS) is 1. The van der Waals surface area contributed by atoms with Gasteiger partial charge in [-0.1, -0.05) is 4.49 Å². The number of ether oxygens (including phenoxy) is 1. The molecule has 0 aromatic carbocycles. The number of nitrogens with zero attached hydrogens (tertiary/aromatic N) is 3. The molecule has 1 fully saturated rings. The van der Waals surface area contributed by atoms with E-state index in [1.165, 1.54) is 0 Å². The fraction of sp³-hybridized carbons (Fsp3) is 0.636. The van der Waals surface area contributed by atoms with Gasteiger partial charge in [0.2, 0.25) is 0 Å². The number of carbonyl (C=O) groups excluding carboxylic acids is 1. The topological polar surface area (TPSA) is 92.6 Å². The van der Waals surface area contributed by atoms with Crippen LogP contribution in [-0.2, 0) is 9.53 Å². The fourth-order valence-corrected chi connectivity index (χ4v) is 2.39. The summed E-state index contributed by atoms with van der Waals surface area (Å²) in [6.45, 7) is 1.44. The number of hydrogen-bond donors (Lipinski definition) is 1. The van der Waals surface area contributed by atoms with Crippen molar-refractivity contribution < 1.29 is 19.4 Å². The molecule has 1 aliphatic heterocycles. The monoisotopic (exact) mass is 285 g/mol. The van der Waals surface area contributed by atoms with E-state index < -0.39 is 5.97 Å². The van der Waals surface area contributed by atoms with E-state index in [1.54, 1.807) is 10.3 Å². The summed E-state index contributed by atoms with van der Waals surface area (Å²) in [6, 6.07) is 0. The SMILES string of the molecule is O=C(O)CCOC1CCN(C(=O)c2csnn2)CC1. The van der Waals surface area contributed by atoms with Gasteiger partial charge in [0.25, 0.3) is 5.91 Å². The van der Waals surface area contributed by atoms with Gasteiger partial charge < -0.3 is 14.7 Å². The summed E-state index contributed by atoms with van der Waals surface area (Å²) in [4.78, 5) is 24.1.